The molecule has 1 fully saturated rings. The van der Waals surface area contributed by atoms with Crippen molar-refractivity contribution in [2.24, 2.45) is 0 Å². The molecule has 6 heteroatoms. The van der Waals surface area contributed by atoms with Gasteiger partial charge in [0, 0.05) is 12.1 Å². The lowest BCUT2D eigenvalue weighted by Gasteiger charge is -2.18. The highest BCUT2D eigenvalue weighted by molar-refractivity contribution is 5.93. The van der Waals surface area contributed by atoms with Gasteiger partial charge in [-0.3, -0.25) is 9.59 Å². The van der Waals surface area contributed by atoms with Crippen LogP contribution in [0.3, 0.4) is 0 Å². The van der Waals surface area contributed by atoms with Crippen LogP contribution in [-0.2, 0) is 4.79 Å². The second-order valence-electron chi connectivity index (χ2n) is 4.83. The molecule has 1 amide bonds. The number of carbonyl (C=O) groups excluding carboxylic acids is 1. The first kappa shape index (κ1) is 12.6. The Balaban J connectivity index is 2.14. The summed E-state index contributed by atoms with van der Waals surface area (Å²) < 4.78 is 4.99. The standard InChI is InChI=1S/C12H16N2O4/c1-7(2)9-5-10(18-13-9)12(17)14(6-11(15)16)8-3-4-8/h5,7-8H,3-4,6H2,1-2H3,(H,15,16). The molecule has 1 aromatic heterocycles. The van der Waals surface area contributed by atoms with Gasteiger partial charge in [-0.05, 0) is 18.8 Å². The first-order valence-electron chi connectivity index (χ1n) is 5.98. The quantitative estimate of drug-likeness (QED) is 0.858. The fourth-order valence-corrected chi connectivity index (χ4v) is 1.70. The highest BCUT2D eigenvalue weighted by atomic mass is 16.5. The van der Waals surface area contributed by atoms with Crippen molar-refractivity contribution < 1.29 is 19.2 Å². The number of carboxylic acid groups (broad SMARTS) is 1. The monoisotopic (exact) mass is 252 g/mol. The first-order valence-corrected chi connectivity index (χ1v) is 5.98. The molecular formula is C12H16N2O4. The Morgan fingerprint density at radius 3 is 2.67 bits per heavy atom. The minimum Gasteiger partial charge on any atom is -0.480 e. The van der Waals surface area contributed by atoms with Crippen LogP contribution in [0.25, 0.3) is 0 Å². The van der Waals surface area contributed by atoms with E-state index < -0.39 is 5.97 Å². The lowest BCUT2D eigenvalue weighted by atomic mass is 10.1. The fraction of sp³-hybridized carbons (Fsp3) is 0.583. The zero-order chi connectivity index (χ0) is 13.3. The number of nitrogens with zero attached hydrogens (tertiary/aromatic N) is 2. The predicted octanol–water partition coefficient (Wildman–Crippen LogP) is 1.49. The Hall–Kier alpha value is -1.85. The van der Waals surface area contributed by atoms with Crippen molar-refractivity contribution in [3.05, 3.63) is 17.5 Å². The van der Waals surface area contributed by atoms with E-state index in [1.54, 1.807) is 6.07 Å². The Morgan fingerprint density at radius 1 is 1.56 bits per heavy atom. The maximum Gasteiger partial charge on any atom is 0.323 e. The van der Waals surface area contributed by atoms with Crippen molar-refractivity contribution in [3.63, 3.8) is 0 Å². The van der Waals surface area contributed by atoms with Crippen molar-refractivity contribution in [3.8, 4) is 0 Å². The smallest absolute Gasteiger partial charge is 0.323 e. The van der Waals surface area contributed by atoms with E-state index in [0.717, 1.165) is 12.8 Å². The van der Waals surface area contributed by atoms with Gasteiger partial charge in [0.2, 0.25) is 5.76 Å². The maximum atomic E-state index is 12.1. The summed E-state index contributed by atoms with van der Waals surface area (Å²) in [6, 6.07) is 1.62. The van der Waals surface area contributed by atoms with Gasteiger partial charge in [-0.1, -0.05) is 19.0 Å². The van der Waals surface area contributed by atoms with E-state index in [2.05, 4.69) is 5.16 Å². The van der Waals surface area contributed by atoms with Crippen molar-refractivity contribution in [2.75, 3.05) is 6.54 Å². The van der Waals surface area contributed by atoms with Crippen molar-refractivity contribution >= 4 is 11.9 Å². The second kappa shape index (κ2) is 4.80. The predicted molar refractivity (Wildman–Crippen MR) is 62.3 cm³/mol. The summed E-state index contributed by atoms with van der Waals surface area (Å²) in [5, 5.41) is 12.6. The molecule has 0 unspecified atom stereocenters. The molecule has 0 aliphatic heterocycles. The Morgan fingerprint density at radius 2 is 2.22 bits per heavy atom. The summed E-state index contributed by atoms with van der Waals surface area (Å²) in [4.78, 5) is 24.2. The largest absolute Gasteiger partial charge is 0.480 e. The summed E-state index contributed by atoms with van der Waals surface area (Å²) in [6.45, 7) is 3.60. The van der Waals surface area contributed by atoms with Crippen LogP contribution < -0.4 is 0 Å². The second-order valence-corrected chi connectivity index (χ2v) is 4.83. The lowest BCUT2D eigenvalue weighted by Crippen LogP contribution is -2.37. The van der Waals surface area contributed by atoms with Crippen LogP contribution in [0.5, 0.6) is 0 Å². The molecule has 2 rings (SSSR count). The van der Waals surface area contributed by atoms with E-state index in [-0.39, 0.29) is 30.2 Å². The Kier molecular flexibility index (Phi) is 3.36. The van der Waals surface area contributed by atoms with E-state index >= 15 is 0 Å². The number of aliphatic carboxylic acids is 1. The minimum absolute atomic E-state index is 0.0289. The van der Waals surface area contributed by atoms with Gasteiger partial charge in [0.1, 0.15) is 6.54 Å². The minimum atomic E-state index is -1.01. The summed E-state index contributed by atoms with van der Waals surface area (Å²) in [5.41, 5.74) is 0.699. The van der Waals surface area contributed by atoms with Crippen molar-refractivity contribution in [1.29, 1.82) is 0 Å². The topological polar surface area (TPSA) is 83.6 Å². The normalized spacial score (nSPS) is 14.8. The van der Waals surface area contributed by atoms with Crippen LogP contribution >= 0.6 is 0 Å². The Labute approximate surface area is 105 Å². The van der Waals surface area contributed by atoms with Gasteiger partial charge in [-0.15, -0.1) is 0 Å². The molecule has 18 heavy (non-hydrogen) atoms. The van der Waals surface area contributed by atoms with Crippen LogP contribution in [0, 0.1) is 0 Å². The maximum absolute atomic E-state index is 12.1. The molecule has 0 bridgehead atoms. The van der Waals surface area contributed by atoms with Crippen LogP contribution in [0.4, 0.5) is 0 Å². The van der Waals surface area contributed by atoms with E-state index in [1.165, 1.54) is 4.90 Å². The van der Waals surface area contributed by atoms with Gasteiger partial charge in [-0.2, -0.15) is 0 Å². The van der Waals surface area contributed by atoms with E-state index in [0.29, 0.717) is 5.69 Å². The van der Waals surface area contributed by atoms with E-state index in [9.17, 15) is 9.59 Å². The van der Waals surface area contributed by atoms with Crippen LogP contribution in [0.1, 0.15) is 48.9 Å². The molecule has 0 aromatic carbocycles. The van der Waals surface area contributed by atoms with Crippen molar-refractivity contribution in [2.45, 2.75) is 38.6 Å². The molecule has 1 aliphatic carbocycles. The van der Waals surface area contributed by atoms with Gasteiger partial charge in [0.15, 0.2) is 0 Å². The molecule has 1 aliphatic rings. The van der Waals surface area contributed by atoms with Crippen molar-refractivity contribution in [1.82, 2.24) is 10.1 Å². The van der Waals surface area contributed by atoms with Crippen LogP contribution in [0.15, 0.2) is 10.6 Å². The lowest BCUT2D eigenvalue weighted by molar-refractivity contribution is -0.137. The number of amides is 1. The molecule has 1 aromatic rings. The van der Waals surface area contributed by atoms with Crippen LogP contribution in [-0.4, -0.2) is 39.6 Å². The highest BCUT2D eigenvalue weighted by Crippen LogP contribution is 2.28. The summed E-state index contributed by atoms with van der Waals surface area (Å²) in [5.74, 6) is -1.12. The first-order chi connectivity index (χ1) is 8.49. The zero-order valence-corrected chi connectivity index (χ0v) is 10.4. The summed E-state index contributed by atoms with van der Waals surface area (Å²) >= 11 is 0. The highest BCUT2D eigenvalue weighted by Gasteiger charge is 2.35. The zero-order valence-electron chi connectivity index (χ0n) is 10.4. The fourth-order valence-electron chi connectivity index (χ4n) is 1.70. The third-order valence-corrected chi connectivity index (χ3v) is 2.88. The molecule has 6 nitrogen and oxygen atoms in total. The molecule has 0 spiro atoms. The number of aromatic nitrogens is 1. The van der Waals surface area contributed by atoms with E-state index in [4.69, 9.17) is 9.63 Å². The third kappa shape index (κ3) is 2.69. The number of carboxylic acids is 1. The molecule has 1 N–H and O–H groups in total. The molecule has 98 valence electrons. The average molecular weight is 252 g/mol. The summed E-state index contributed by atoms with van der Waals surface area (Å²) in [6.07, 6.45) is 1.70. The Bertz CT molecular complexity index is 462. The van der Waals surface area contributed by atoms with Gasteiger partial charge < -0.3 is 14.5 Å². The number of rotatable bonds is 5. The molecular weight excluding hydrogens is 236 g/mol. The van der Waals surface area contributed by atoms with E-state index in [1.807, 2.05) is 13.8 Å². The van der Waals surface area contributed by atoms with Crippen LogP contribution in [0.2, 0.25) is 0 Å². The molecule has 0 atom stereocenters. The van der Waals surface area contributed by atoms with Gasteiger partial charge in [0.25, 0.3) is 5.91 Å². The van der Waals surface area contributed by atoms with Gasteiger partial charge >= 0.3 is 5.97 Å². The number of hydrogen-bond donors (Lipinski definition) is 1. The summed E-state index contributed by atoms with van der Waals surface area (Å²) in [7, 11) is 0. The number of hydrogen-bond acceptors (Lipinski definition) is 4. The van der Waals surface area contributed by atoms with Gasteiger partial charge in [-0.25, -0.2) is 0 Å². The number of carbonyl (C=O) groups is 2. The molecule has 0 radical (unpaired) electrons. The van der Waals surface area contributed by atoms with Gasteiger partial charge in [0.05, 0.1) is 5.69 Å². The SMILES string of the molecule is CC(C)c1cc(C(=O)N(CC(=O)O)C2CC2)on1. The average Bonchev–Trinajstić information content (AvgIpc) is 3.00. The molecule has 1 heterocycles. The molecule has 1 saturated carbocycles. The molecule has 0 saturated heterocycles. The third-order valence-electron chi connectivity index (χ3n) is 2.88.